The molecule has 1 aliphatic rings. The lowest BCUT2D eigenvalue weighted by molar-refractivity contribution is -0.468. The number of halogens is 6. The number of hydrogen-bond donors (Lipinski definition) is 1. The Hall–Kier alpha value is -2.14. The molecular weight excluding hydrogens is 346 g/mol. The van der Waals surface area contributed by atoms with E-state index in [0.29, 0.717) is 0 Å². The van der Waals surface area contributed by atoms with Crippen LogP contribution >= 0.6 is 0 Å². The monoisotopic (exact) mass is 356 g/mol. The molecule has 1 N–H and O–H groups in total. The number of aliphatic hydroxyl groups is 1. The average molecular weight is 356 g/mol. The van der Waals surface area contributed by atoms with Crippen molar-refractivity contribution in [2.45, 2.75) is 31.5 Å². The summed E-state index contributed by atoms with van der Waals surface area (Å²) in [4.78, 5) is 12.2. The van der Waals surface area contributed by atoms with E-state index in [-0.39, 0.29) is 16.3 Å². The Morgan fingerprint density at radius 3 is 2.29 bits per heavy atom. The van der Waals surface area contributed by atoms with Gasteiger partial charge in [0, 0.05) is 17.7 Å². The van der Waals surface area contributed by atoms with Crippen LogP contribution in [-0.4, -0.2) is 39.9 Å². The summed E-state index contributed by atoms with van der Waals surface area (Å²) in [6, 6.07) is 3.49. The van der Waals surface area contributed by atoms with Gasteiger partial charge in [0.15, 0.2) is 0 Å². The lowest BCUT2D eigenvalue weighted by atomic mass is 10.1. The molecule has 0 aliphatic carbocycles. The zero-order valence-electron chi connectivity index (χ0n) is 11.9. The zero-order chi connectivity index (χ0) is 18.3. The second-order valence-corrected chi connectivity index (χ2v) is 5.02. The van der Waals surface area contributed by atoms with Crippen LogP contribution in [-0.2, 0) is 4.74 Å². The smallest absolute Gasteiger partial charge is 0.362 e. The third kappa shape index (κ3) is 3.36. The summed E-state index contributed by atoms with van der Waals surface area (Å²) < 4.78 is 79.8. The fraction of sp³-hybridized carbons (Fsp3) is 0.385. The van der Waals surface area contributed by atoms with Crippen molar-refractivity contribution in [2.75, 3.05) is 0 Å². The van der Waals surface area contributed by atoms with Crippen LogP contribution in [0.2, 0.25) is 0 Å². The minimum Gasteiger partial charge on any atom is -0.362 e. The third-order valence-corrected chi connectivity index (χ3v) is 3.12. The first-order valence-electron chi connectivity index (χ1n) is 6.37. The normalized spacial score (nSPS) is 21.8. The molecule has 0 bridgehead atoms. The second-order valence-electron chi connectivity index (χ2n) is 5.02. The molecule has 11 heteroatoms. The Kier molecular flexibility index (Phi) is 4.35. The fourth-order valence-corrected chi connectivity index (χ4v) is 2.10. The number of hydrogen-bond acceptors (Lipinski definition) is 4. The molecule has 0 aromatic heterocycles. The maximum atomic E-state index is 13.9. The van der Waals surface area contributed by atoms with E-state index < -0.39 is 36.3 Å². The first-order valence-corrected chi connectivity index (χ1v) is 6.37. The molecule has 0 saturated carbocycles. The van der Waals surface area contributed by atoms with Crippen LogP contribution in [0.5, 0.6) is 0 Å². The number of amides is 1. The van der Waals surface area contributed by atoms with E-state index in [4.69, 9.17) is 0 Å². The molecule has 1 unspecified atom stereocenters. The van der Waals surface area contributed by atoms with Gasteiger partial charge in [-0.15, -0.1) is 13.2 Å². The lowest BCUT2D eigenvalue weighted by Gasteiger charge is -2.36. The average Bonchev–Trinajstić information content (AvgIpc) is 2.73. The third-order valence-electron chi connectivity index (χ3n) is 3.12. The molecule has 132 valence electrons. The summed E-state index contributed by atoms with van der Waals surface area (Å²) in [6.45, 7) is 1.13. The minimum atomic E-state index is -5.76. The number of carbonyl (C=O) groups excluding carboxylic acids is 1. The predicted octanol–water partition coefficient (Wildman–Crippen LogP) is 2.87. The van der Waals surface area contributed by atoms with Gasteiger partial charge in [0.05, 0.1) is 0 Å². The molecule has 2 rings (SSSR count). The van der Waals surface area contributed by atoms with Crippen LogP contribution in [0.1, 0.15) is 23.7 Å². The molecule has 0 saturated heterocycles. The summed E-state index contributed by atoms with van der Waals surface area (Å²) in [5.74, 6) is -2.08. The molecule has 24 heavy (non-hydrogen) atoms. The van der Waals surface area contributed by atoms with Gasteiger partial charge in [0.25, 0.3) is 11.6 Å². The highest BCUT2D eigenvalue weighted by atomic mass is 19.4. The van der Waals surface area contributed by atoms with Gasteiger partial charge in [-0.1, -0.05) is 0 Å². The Balaban J connectivity index is 2.39. The Bertz CT molecular complexity index is 673. The molecule has 1 amide bonds. The van der Waals surface area contributed by atoms with Gasteiger partial charge >= 0.3 is 12.5 Å². The van der Waals surface area contributed by atoms with Gasteiger partial charge in [-0.25, -0.2) is 9.13 Å². The molecule has 1 aromatic carbocycles. The number of hydrazone groups is 1. The van der Waals surface area contributed by atoms with Crippen molar-refractivity contribution in [1.82, 2.24) is 5.01 Å². The summed E-state index contributed by atoms with van der Waals surface area (Å²) in [5, 5.41) is 13.2. The number of rotatable bonds is 3. The molecule has 1 aliphatic heterocycles. The standard InChI is InChI=1S/C13H10F6N2O3/c1-7-6-11(23,12(15,16)24-13(17,18)19)21(20-7)10(22)8-2-4-9(14)5-3-8/h2-5,23H,6H2,1H3. The highest BCUT2D eigenvalue weighted by Crippen LogP contribution is 2.43. The second kappa shape index (κ2) is 5.74. The Labute approximate surface area is 131 Å². The molecule has 5 nitrogen and oxygen atoms in total. The first kappa shape index (κ1) is 18.2. The summed E-state index contributed by atoms with van der Waals surface area (Å²) in [5.41, 5.74) is -4.27. The maximum absolute atomic E-state index is 13.9. The summed E-state index contributed by atoms with van der Waals surface area (Å²) in [7, 11) is 0. The number of carbonyl (C=O) groups is 1. The lowest BCUT2D eigenvalue weighted by Crippen LogP contribution is -2.61. The highest BCUT2D eigenvalue weighted by molar-refractivity contribution is 5.97. The van der Waals surface area contributed by atoms with Gasteiger partial charge in [-0.05, 0) is 31.2 Å². The number of benzene rings is 1. The molecule has 1 heterocycles. The largest absolute Gasteiger partial charge is 0.527 e. The molecular formula is C13H10F6N2O3. The molecule has 1 atom stereocenters. The van der Waals surface area contributed by atoms with Crippen molar-refractivity contribution in [1.29, 1.82) is 0 Å². The fourth-order valence-electron chi connectivity index (χ4n) is 2.10. The van der Waals surface area contributed by atoms with Crippen LogP contribution in [0.3, 0.4) is 0 Å². The minimum absolute atomic E-state index is 0.193. The molecule has 0 spiro atoms. The van der Waals surface area contributed by atoms with Crippen molar-refractivity contribution < 1.29 is 41.0 Å². The van der Waals surface area contributed by atoms with E-state index in [1.54, 1.807) is 0 Å². The molecule has 1 aromatic rings. The van der Waals surface area contributed by atoms with E-state index in [1.807, 2.05) is 0 Å². The van der Waals surface area contributed by atoms with Crippen molar-refractivity contribution in [3.05, 3.63) is 35.6 Å². The predicted molar refractivity (Wildman–Crippen MR) is 67.3 cm³/mol. The quantitative estimate of drug-likeness (QED) is 0.848. The van der Waals surface area contributed by atoms with Gasteiger partial charge in [-0.2, -0.15) is 18.9 Å². The van der Waals surface area contributed by atoms with Crippen LogP contribution in [0, 0.1) is 5.82 Å². The van der Waals surface area contributed by atoms with E-state index in [9.17, 15) is 36.2 Å². The number of nitrogens with zero attached hydrogens (tertiary/aromatic N) is 2. The maximum Gasteiger partial charge on any atom is 0.527 e. The van der Waals surface area contributed by atoms with Crippen LogP contribution in [0.25, 0.3) is 0 Å². The molecule has 0 fully saturated rings. The topological polar surface area (TPSA) is 62.1 Å². The number of ether oxygens (including phenoxy) is 1. The van der Waals surface area contributed by atoms with Crippen LogP contribution < -0.4 is 0 Å². The zero-order valence-corrected chi connectivity index (χ0v) is 11.9. The first-order chi connectivity index (χ1) is 10.9. The summed E-state index contributed by atoms with van der Waals surface area (Å²) in [6.07, 6.45) is -12.0. The number of alkyl halides is 5. The van der Waals surface area contributed by atoms with E-state index in [0.717, 1.165) is 31.2 Å². The SMILES string of the molecule is CC1=NN(C(=O)c2ccc(F)cc2)C(O)(C(F)(F)OC(F)(F)F)C1. The van der Waals surface area contributed by atoms with E-state index >= 15 is 0 Å². The van der Waals surface area contributed by atoms with Crippen LogP contribution in [0.4, 0.5) is 26.3 Å². The van der Waals surface area contributed by atoms with Crippen molar-refractivity contribution >= 4 is 11.6 Å². The van der Waals surface area contributed by atoms with Crippen molar-refractivity contribution in [2.24, 2.45) is 5.10 Å². The summed E-state index contributed by atoms with van der Waals surface area (Å²) >= 11 is 0. The van der Waals surface area contributed by atoms with E-state index in [1.165, 1.54) is 0 Å². The van der Waals surface area contributed by atoms with Crippen molar-refractivity contribution in [3.8, 4) is 0 Å². The van der Waals surface area contributed by atoms with E-state index in [2.05, 4.69) is 9.84 Å². The van der Waals surface area contributed by atoms with Gasteiger partial charge in [0.2, 0.25) is 0 Å². The molecule has 0 radical (unpaired) electrons. The van der Waals surface area contributed by atoms with Gasteiger partial charge in [-0.3, -0.25) is 4.79 Å². The highest BCUT2D eigenvalue weighted by Gasteiger charge is 2.66. The van der Waals surface area contributed by atoms with Gasteiger partial charge < -0.3 is 5.11 Å². The Morgan fingerprint density at radius 1 is 1.25 bits per heavy atom. The Morgan fingerprint density at radius 2 is 1.79 bits per heavy atom. The van der Waals surface area contributed by atoms with Crippen molar-refractivity contribution in [3.63, 3.8) is 0 Å². The van der Waals surface area contributed by atoms with Crippen LogP contribution in [0.15, 0.2) is 29.4 Å². The van der Waals surface area contributed by atoms with Gasteiger partial charge in [0.1, 0.15) is 5.82 Å².